The van der Waals surface area contributed by atoms with E-state index in [0.717, 1.165) is 6.07 Å². The molecule has 1 heterocycles. The summed E-state index contributed by atoms with van der Waals surface area (Å²) in [7, 11) is -4.34. The summed E-state index contributed by atoms with van der Waals surface area (Å²) in [4.78, 5) is 6.03. The standard InChI is InChI=1S/C14H8F2N3O3S/c15-12-7-13(19-14(16)18-12)17-11-3-1-2-8-6-9(23(20,21)22)4-5-10(8)11/h1,3-7H,(H,17,18,19)(H,20,21,22). The molecule has 0 bridgehead atoms. The Kier molecular flexibility index (Phi) is 3.66. The number of aromatic nitrogens is 2. The molecule has 3 rings (SSSR count). The van der Waals surface area contributed by atoms with Gasteiger partial charge in [-0.05, 0) is 29.7 Å². The first kappa shape index (κ1) is 15.3. The van der Waals surface area contributed by atoms with Crippen LogP contribution < -0.4 is 5.32 Å². The highest BCUT2D eigenvalue weighted by atomic mass is 32.2. The lowest BCUT2D eigenvalue weighted by molar-refractivity contribution is 0.482. The molecule has 1 radical (unpaired) electrons. The fourth-order valence-electron chi connectivity index (χ4n) is 2.04. The van der Waals surface area contributed by atoms with Crippen molar-refractivity contribution in [3.63, 3.8) is 0 Å². The second-order valence-electron chi connectivity index (χ2n) is 4.54. The molecule has 0 amide bonds. The van der Waals surface area contributed by atoms with Crippen molar-refractivity contribution in [2.24, 2.45) is 0 Å². The Morgan fingerprint density at radius 3 is 2.61 bits per heavy atom. The molecule has 3 aromatic rings. The van der Waals surface area contributed by atoms with Gasteiger partial charge in [0.05, 0.1) is 4.90 Å². The molecule has 6 nitrogen and oxygen atoms in total. The average Bonchev–Trinajstić information content (AvgIpc) is 2.45. The van der Waals surface area contributed by atoms with Gasteiger partial charge in [-0.25, -0.2) is 0 Å². The number of benzene rings is 2. The molecular weight excluding hydrogens is 328 g/mol. The van der Waals surface area contributed by atoms with Gasteiger partial charge in [0.2, 0.25) is 5.95 Å². The first-order valence-corrected chi connectivity index (χ1v) is 7.66. The van der Waals surface area contributed by atoms with E-state index in [1.54, 1.807) is 6.07 Å². The normalized spacial score (nSPS) is 11.6. The molecule has 0 atom stereocenters. The Bertz CT molecular complexity index is 989. The summed E-state index contributed by atoms with van der Waals surface area (Å²) < 4.78 is 57.5. The molecule has 0 unspecified atom stereocenters. The van der Waals surface area contributed by atoms with Gasteiger partial charge in [0, 0.05) is 17.1 Å². The van der Waals surface area contributed by atoms with Crippen LogP contribution in [0.15, 0.2) is 41.3 Å². The molecule has 0 spiro atoms. The van der Waals surface area contributed by atoms with E-state index >= 15 is 0 Å². The molecule has 2 aromatic carbocycles. The van der Waals surface area contributed by atoms with Crippen molar-refractivity contribution in [2.45, 2.75) is 4.90 Å². The summed E-state index contributed by atoms with van der Waals surface area (Å²) in [5.74, 6) is -1.12. The minimum atomic E-state index is -4.34. The summed E-state index contributed by atoms with van der Waals surface area (Å²) in [6.45, 7) is 0. The lowest BCUT2D eigenvalue weighted by Gasteiger charge is -2.09. The van der Waals surface area contributed by atoms with Crippen molar-refractivity contribution < 1.29 is 21.8 Å². The topological polar surface area (TPSA) is 92.2 Å². The van der Waals surface area contributed by atoms with Gasteiger partial charge in [-0.3, -0.25) is 4.55 Å². The van der Waals surface area contributed by atoms with Crippen LogP contribution in [0.1, 0.15) is 0 Å². The molecule has 2 N–H and O–H groups in total. The third-order valence-corrected chi connectivity index (χ3v) is 3.85. The number of halogens is 2. The Balaban J connectivity index is 2.08. The van der Waals surface area contributed by atoms with Crippen molar-refractivity contribution in [3.8, 4) is 0 Å². The Hall–Kier alpha value is -2.65. The zero-order valence-corrected chi connectivity index (χ0v) is 12.1. The van der Waals surface area contributed by atoms with Gasteiger partial charge in [-0.2, -0.15) is 27.2 Å². The van der Waals surface area contributed by atoms with Crippen LogP contribution in [-0.2, 0) is 10.1 Å². The van der Waals surface area contributed by atoms with Gasteiger partial charge in [-0.1, -0.05) is 12.1 Å². The SMILES string of the molecule is O=S(=O)(O)c1ccc2c(Nc3cc(F)nc(F)n3)cc[c]c2c1. The molecule has 117 valence electrons. The van der Waals surface area contributed by atoms with Gasteiger partial charge in [0.25, 0.3) is 10.1 Å². The van der Waals surface area contributed by atoms with Crippen LogP contribution in [0.25, 0.3) is 10.8 Å². The summed E-state index contributed by atoms with van der Waals surface area (Å²) in [5.41, 5.74) is 0.429. The zero-order chi connectivity index (χ0) is 16.6. The Morgan fingerprint density at radius 1 is 1.13 bits per heavy atom. The quantitative estimate of drug-likeness (QED) is 0.434. The summed E-state index contributed by atoms with van der Waals surface area (Å²) in [5, 5.41) is 3.64. The van der Waals surface area contributed by atoms with E-state index in [-0.39, 0.29) is 10.7 Å². The predicted octanol–water partition coefficient (Wildman–Crippen LogP) is 2.70. The van der Waals surface area contributed by atoms with Gasteiger partial charge < -0.3 is 5.32 Å². The van der Waals surface area contributed by atoms with Crippen LogP contribution in [0, 0.1) is 18.1 Å². The first-order valence-electron chi connectivity index (χ1n) is 6.22. The molecule has 0 saturated heterocycles. The minimum absolute atomic E-state index is 0.0960. The third kappa shape index (κ3) is 3.25. The predicted molar refractivity (Wildman–Crippen MR) is 77.8 cm³/mol. The average molecular weight is 336 g/mol. The molecule has 0 aliphatic heterocycles. The molecule has 0 aliphatic carbocycles. The van der Waals surface area contributed by atoms with Gasteiger partial charge in [0.15, 0.2) is 0 Å². The lowest BCUT2D eigenvalue weighted by Crippen LogP contribution is -2.01. The maximum absolute atomic E-state index is 13.1. The number of fused-ring (bicyclic) bond motifs is 1. The number of rotatable bonds is 3. The van der Waals surface area contributed by atoms with Crippen molar-refractivity contribution in [3.05, 3.63) is 54.5 Å². The van der Waals surface area contributed by atoms with Crippen LogP contribution in [-0.4, -0.2) is 22.9 Å². The monoisotopic (exact) mass is 336 g/mol. The van der Waals surface area contributed by atoms with Crippen molar-refractivity contribution in [1.29, 1.82) is 0 Å². The van der Waals surface area contributed by atoms with Crippen LogP contribution in [0.5, 0.6) is 0 Å². The smallest absolute Gasteiger partial charge is 0.313 e. The van der Waals surface area contributed by atoms with E-state index in [9.17, 15) is 17.2 Å². The number of nitrogens with zero attached hydrogens (tertiary/aromatic N) is 2. The minimum Gasteiger partial charge on any atom is -0.339 e. The number of anilines is 2. The fourth-order valence-corrected chi connectivity index (χ4v) is 2.55. The highest BCUT2D eigenvalue weighted by Gasteiger charge is 2.12. The number of nitrogens with one attached hydrogen (secondary N) is 1. The molecular formula is C14H8F2N3O3S. The molecule has 0 fully saturated rings. The molecule has 0 saturated carbocycles. The highest BCUT2D eigenvalue weighted by molar-refractivity contribution is 7.85. The van der Waals surface area contributed by atoms with E-state index < -0.39 is 22.1 Å². The van der Waals surface area contributed by atoms with Gasteiger partial charge >= 0.3 is 6.08 Å². The molecule has 1 aromatic heterocycles. The second kappa shape index (κ2) is 5.52. The Morgan fingerprint density at radius 2 is 1.91 bits per heavy atom. The van der Waals surface area contributed by atoms with Crippen LogP contribution in [0.3, 0.4) is 0 Å². The number of hydrogen-bond donors (Lipinski definition) is 2. The third-order valence-electron chi connectivity index (χ3n) is 3.00. The van der Waals surface area contributed by atoms with Gasteiger partial charge in [-0.15, -0.1) is 0 Å². The summed E-state index contributed by atoms with van der Waals surface area (Å²) in [6.07, 6.45) is -1.21. The van der Waals surface area contributed by atoms with Crippen molar-refractivity contribution in [2.75, 3.05) is 5.32 Å². The van der Waals surface area contributed by atoms with Gasteiger partial charge in [0.1, 0.15) is 5.82 Å². The van der Waals surface area contributed by atoms with E-state index in [0.29, 0.717) is 16.5 Å². The molecule has 23 heavy (non-hydrogen) atoms. The van der Waals surface area contributed by atoms with Crippen LogP contribution in [0.4, 0.5) is 20.3 Å². The molecule has 0 aliphatic rings. The lowest BCUT2D eigenvalue weighted by atomic mass is 10.1. The molecule has 9 heteroatoms. The maximum Gasteiger partial charge on any atom is 0.313 e. The zero-order valence-electron chi connectivity index (χ0n) is 11.3. The summed E-state index contributed by atoms with van der Waals surface area (Å²) >= 11 is 0. The highest BCUT2D eigenvalue weighted by Crippen LogP contribution is 2.27. The second-order valence-corrected chi connectivity index (χ2v) is 5.97. The van der Waals surface area contributed by atoms with Crippen molar-refractivity contribution >= 4 is 32.4 Å². The van der Waals surface area contributed by atoms with Crippen LogP contribution in [0.2, 0.25) is 0 Å². The largest absolute Gasteiger partial charge is 0.339 e. The van der Waals surface area contributed by atoms with E-state index in [1.807, 2.05) is 0 Å². The fraction of sp³-hybridized carbons (Fsp3) is 0. The maximum atomic E-state index is 13.1. The van der Waals surface area contributed by atoms with E-state index in [2.05, 4.69) is 21.4 Å². The first-order chi connectivity index (χ1) is 10.8. The van der Waals surface area contributed by atoms with E-state index in [1.165, 1.54) is 24.3 Å². The van der Waals surface area contributed by atoms with E-state index in [4.69, 9.17) is 4.55 Å². The van der Waals surface area contributed by atoms with Crippen molar-refractivity contribution in [1.82, 2.24) is 9.97 Å². The number of hydrogen-bond acceptors (Lipinski definition) is 5. The Labute approximate surface area is 129 Å². The van der Waals surface area contributed by atoms with Crippen LogP contribution >= 0.6 is 0 Å². The summed E-state index contributed by atoms with van der Waals surface area (Å²) in [6, 6.07) is 10.7.